The molecular formula is C18H19BrClN5O. The molecule has 0 fully saturated rings. The molecule has 0 spiro atoms. The molecule has 0 saturated carbocycles. The lowest BCUT2D eigenvalue weighted by Gasteiger charge is -2.08. The third-order valence-corrected chi connectivity index (χ3v) is 4.72. The second kappa shape index (κ2) is 8.05. The van der Waals surface area contributed by atoms with Crippen molar-refractivity contribution in [3.05, 3.63) is 63.1 Å². The second-order valence-electron chi connectivity index (χ2n) is 6.05. The van der Waals surface area contributed by atoms with Gasteiger partial charge in [-0.1, -0.05) is 23.7 Å². The van der Waals surface area contributed by atoms with Gasteiger partial charge in [-0.3, -0.25) is 14.2 Å². The molecule has 0 aliphatic heterocycles. The average molecular weight is 437 g/mol. The molecule has 26 heavy (non-hydrogen) atoms. The van der Waals surface area contributed by atoms with Crippen molar-refractivity contribution in [2.75, 3.05) is 5.32 Å². The van der Waals surface area contributed by atoms with Crippen LogP contribution < -0.4 is 5.32 Å². The standard InChI is InChI=1S/C18H19BrClN5O/c1-12-18(22-17(26)7-8-24-11-15(19)9-21-24)13(2)25(23-12)10-14-3-5-16(20)6-4-14/h3-6,9,11H,7-8,10H2,1-2H3,(H,22,26). The summed E-state index contributed by atoms with van der Waals surface area (Å²) in [5, 5.41) is 12.4. The van der Waals surface area contributed by atoms with Crippen molar-refractivity contribution in [3.63, 3.8) is 0 Å². The number of hydrogen-bond acceptors (Lipinski definition) is 3. The maximum atomic E-state index is 12.3. The fraction of sp³-hybridized carbons (Fsp3) is 0.278. The van der Waals surface area contributed by atoms with E-state index in [1.54, 1.807) is 10.9 Å². The highest BCUT2D eigenvalue weighted by atomic mass is 79.9. The van der Waals surface area contributed by atoms with E-state index < -0.39 is 0 Å². The fourth-order valence-electron chi connectivity index (χ4n) is 2.67. The molecule has 2 aromatic heterocycles. The summed E-state index contributed by atoms with van der Waals surface area (Å²) < 4.78 is 4.51. The Labute approximate surface area is 165 Å². The molecule has 6 nitrogen and oxygen atoms in total. The fourth-order valence-corrected chi connectivity index (χ4v) is 3.13. The normalized spacial score (nSPS) is 10.9. The van der Waals surface area contributed by atoms with Gasteiger partial charge in [-0.05, 0) is 47.5 Å². The van der Waals surface area contributed by atoms with E-state index in [1.807, 2.05) is 49.0 Å². The lowest BCUT2D eigenvalue weighted by Crippen LogP contribution is -2.15. The van der Waals surface area contributed by atoms with Gasteiger partial charge >= 0.3 is 0 Å². The van der Waals surface area contributed by atoms with E-state index in [1.165, 1.54) is 0 Å². The highest BCUT2D eigenvalue weighted by Crippen LogP contribution is 2.21. The van der Waals surface area contributed by atoms with Crippen LogP contribution in [0.2, 0.25) is 5.02 Å². The van der Waals surface area contributed by atoms with Crippen LogP contribution in [0.4, 0.5) is 5.69 Å². The number of halogens is 2. The number of amides is 1. The van der Waals surface area contributed by atoms with Crippen molar-refractivity contribution in [2.24, 2.45) is 0 Å². The van der Waals surface area contributed by atoms with Gasteiger partial charge in [-0.15, -0.1) is 0 Å². The number of aryl methyl sites for hydroxylation is 2. The molecule has 8 heteroatoms. The summed E-state index contributed by atoms with van der Waals surface area (Å²) in [6.07, 6.45) is 3.89. The van der Waals surface area contributed by atoms with Crippen LogP contribution in [0.25, 0.3) is 0 Å². The second-order valence-corrected chi connectivity index (χ2v) is 7.40. The average Bonchev–Trinajstić information content (AvgIpc) is 3.13. The first kappa shape index (κ1) is 18.7. The molecule has 0 unspecified atom stereocenters. The van der Waals surface area contributed by atoms with Gasteiger partial charge in [0, 0.05) is 24.2 Å². The van der Waals surface area contributed by atoms with Gasteiger partial charge in [0.2, 0.25) is 5.91 Å². The van der Waals surface area contributed by atoms with Crippen molar-refractivity contribution in [1.82, 2.24) is 19.6 Å². The Bertz CT molecular complexity index is 916. The largest absolute Gasteiger partial charge is 0.323 e. The Balaban J connectivity index is 1.65. The number of nitrogens with zero attached hydrogens (tertiary/aromatic N) is 4. The summed E-state index contributed by atoms with van der Waals surface area (Å²) in [4.78, 5) is 12.3. The zero-order chi connectivity index (χ0) is 18.7. The summed E-state index contributed by atoms with van der Waals surface area (Å²) in [6.45, 7) is 5.00. The number of rotatable bonds is 6. The third-order valence-electron chi connectivity index (χ3n) is 4.06. The molecule has 1 N–H and O–H groups in total. The van der Waals surface area contributed by atoms with Crippen molar-refractivity contribution >= 4 is 39.1 Å². The minimum atomic E-state index is -0.0612. The summed E-state index contributed by atoms with van der Waals surface area (Å²) >= 11 is 9.27. The van der Waals surface area contributed by atoms with E-state index in [9.17, 15) is 4.79 Å². The number of aromatic nitrogens is 4. The van der Waals surface area contributed by atoms with Crippen LogP contribution in [0.3, 0.4) is 0 Å². The molecule has 136 valence electrons. The predicted octanol–water partition coefficient (Wildman–Crippen LogP) is 4.19. The highest BCUT2D eigenvalue weighted by Gasteiger charge is 2.14. The van der Waals surface area contributed by atoms with Crippen LogP contribution in [-0.4, -0.2) is 25.5 Å². The topological polar surface area (TPSA) is 64.7 Å². The zero-order valence-corrected chi connectivity index (χ0v) is 16.9. The van der Waals surface area contributed by atoms with Gasteiger partial charge < -0.3 is 5.32 Å². The molecule has 0 radical (unpaired) electrons. The first-order chi connectivity index (χ1) is 12.4. The molecule has 2 heterocycles. The molecule has 0 aliphatic carbocycles. The molecule has 0 bridgehead atoms. The number of carbonyl (C=O) groups excluding carboxylic acids is 1. The molecule has 3 aromatic rings. The lowest BCUT2D eigenvalue weighted by molar-refractivity contribution is -0.116. The SMILES string of the molecule is Cc1nn(Cc2ccc(Cl)cc2)c(C)c1NC(=O)CCn1cc(Br)cn1. The van der Waals surface area contributed by atoms with Crippen molar-refractivity contribution in [2.45, 2.75) is 33.4 Å². The number of anilines is 1. The molecule has 0 atom stereocenters. The Morgan fingerprint density at radius 1 is 1.27 bits per heavy atom. The van der Waals surface area contributed by atoms with Crippen LogP contribution in [0, 0.1) is 13.8 Å². The highest BCUT2D eigenvalue weighted by molar-refractivity contribution is 9.10. The molecule has 0 aliphatic rings. The number of carbonyl (C=O) groups is 1. The van der Waals surface area contributed by atoms with Crippen molar-refractivity contribution in [1.29, 1.82) is 0 Å². The van der Waals surface area contributed by atoms with Crippen LogP contribution in [-0.2, 0) is 17.9 Å². The van der Waals surface area contributed by atoms with Gasteiger partial charge in [0.25, 0.3) is 0 Å². The Hall–Kier alpha value is -2.12. The maximum Gasteiger partial charge on any atom is 0.226 e. The quantitative estimate of drug-likeness (QED) is 0.630. The van der Waals surface area contributed by atoms with Crippen molar-refractivity contribution in [3.8, 4) is 0 Å². The zero-order valence-electron chi connectivity index (χ0n) is 14.5. The summed E-state index contributed by atoms with van der Waals surface area (Å²) in [6, 6.07) is 7.66. The summed E-state index contributed by atoms with van der Waals surface area (Å²) in [5.74, 6) is -0.0612. The molecule has 1 aromatic carbocycles. The van der Waals surface area contributed by atoms with Gasteiger partial charge in [-0.2, -0.15) is 10.2 Å². The van der Waals surface area contributed by atoms with Gasteiger partial charge in [0.15, 0.2) is 0 Å². The Kier molecular flexibility index (Phi) is 5.78. The number of hydrogen-bond donors (Lipinski definition) is 1. The third kappa shape index (κ3) is 4.53. The number of nitrogens with one attached hydrogen (secondary N) is 1. The molecule has 1 amide bonds. The van der Waals surface area contributed by atoms with E-state index in [2.05, 4.69) is 31.4 Å². The maximum absolute atomic E-state index is 12.3. The van der Waals surface area contributed by atoms with Gasteiger partial charge in [-0.25, -0.2) is 0 Å². The first-order valence-electron chi connectivity index (χ1n) is 8.18. The smallest absolute Gasteiger partial charge is 0.226 e. The number of benzene rings is 1. The lowest BCUT2D eigenvalue weighted by atomic mass is 10.2. The minimum Gasteiger partial charge on any atom is -0.323 e. The van der Waals surface area contributed by atoms with E-state index in [0.29, 0.717) is 24.5 Å². The minimum absolute atomic E-state index is 0.0612. The molecule has 3 rings (SSSR count). The first-order valence-corrected chi connectivity index (χ1v) is 9.35. The summed E-state index contributed by atoms with van der Waals surface area (Å²) in [7, 11) is 0. The van der Waals surface area contributed by atoms with Crippen molar-refractivity contribution < 1.29 is 4.79 Å². The van der Waals surface area contributed by atoms with E-state index in [4.69, 9.17) is 11.6 Å². The van der Waals surface area contributed by atoms with Gasteiger partial charge in [0.05, 0.1) is 34.3 Å². The van der Waals surface area contributed by atoms with E-state index in [-0.39, 0.29) is 5.91 Å². The molecular weight excluding hydrogens is 418 g/mol. The Morgan fingerprint density at radius 3 is 2.65 bits per heavy atom. The van der Waals surface area contributed by atoms with Crippen LogP contribution in [0.1, 0.15) is 23.4 Å². The van der Waals surface area contributed by atoms with E-state index >= 15 is 0 Å². The monoisotopic (exact) mass is 435 g/mol. The van der Waals surface area contributed by atoms with E-state index in [0.717, 1.165) is 27.1 Å². The Morgan fingerprint density at radius 2 is 2.00 bits per heavy atom. The van der Waals surface area contributed by atoms with Crippen LogP contribution >= 0.6 is 27.5 Å². The summed E-state index contributed by atoms with van der Waals surface area (Å²) in [5.41, 5.74) is 3.59. The predicted molar refractivity (Wildman–Crippen MR) is 105 cm³/mol. The van der Waals surface area contributed by atoms with Gasteiger partial charge in [0.1, 0.15) is 0 Å². The van der Waals surface area contributed by atoms with Crippen LogP contribution in [0.5, 0.6) is 0 Å². The molecule has 0 saturated heterocycles. The van der Waals surface area contributed by atoms with Crippen LogP contribution in [0.15, 0.2) is 41.1 Å².